The Bertz CT molecular complexity index is 733. The Morgan fingerprint density at radius 3 is 2.60 bits per heavy atom. The predicted molar refractivity (Wildman–Crippen MR) is 101 cm³/mol. The van der Waals surface area contributed by atoms with E-state index in [4.69, 9.17) is 0 Å². The van der Waals surface area contributed by atoms with Crippen molar-refractivity contribution in [2.45, 2.75) is 39.2 Å². The number of para-hydroxylation sites is 2. The molecule has 0 radical (unpaired) electrons. The van der Waals surface area contributed by atoms with E-state index in [2.05, 4.69) is 26.7 Å². The van der Waals surface area contributed by atoms with Gasteiger partial charge in [-0.05, 0) is 45.2 Å². The van der Waals surface area contributed by atoms with E-state index in [1.165, 1.54) is 19.3 Å². The minimum atomic E-state index is -0.194. The van der Waals surface area contributed by atoms with Crippen LogP contribution in [-0.2, 0) is 7.05 Å². The molecule has 1 aromatic heterocycles. The van der Waals surface area contributed by atoms with E-state index in [0.717, 1.165) is 35.7 Å². The third kappa shape index (κ3) is 3.95. The van der Waals surface area contributed by atoms with Crippen LogP contribution in [0.25, 0.3) is 0 Å². The van der Waals surface area contributed by atoms with Gasteiger partial charge in [-0.15, -0.1) is 0 Å². The highest BCUT2D eigenvalue weighted by Gasteiger charge is 2.18. The second-order valence-electron chi connectivity index (χ2n) is 6.69. The molecule has 1 atom stereocenters. The Hall–Kier alpha value is -2.50. The molecule has 1 saturated heterocycles. The number of nitrogens with one attached hydrogen (secondary N) is 2. The normalized spacial score (nSPS) is 15.7. The van der Waals surface area contributed by atoms with Gasteiger partial charge in [-0.3, -0.25) is 4.68 Å². The van der Waals surface area contributed by atoms with Crippen molar-refractivity contribution in [3.05, 3.63) is 41.7 Å². The van der Waals surface area contributed by atoms with E-state index >= 15 is 0 Å². The van der Waals surface area contributed by atoms with Crippen LogP contribution in [0.1, 0.15) is 43.5 Å². The van der Waals surface area contributed by atoms with Crippen LogP contribution in [0.5, 0.6) is 0 Å². The van der Waals surface area contributed by atoms with Gasteiger partial charge in [-0.2, -0.15) is 5.10 Å². The molecule has 25 heavy (non-hydrogen) atoms. The van der Waals surface area contributed by atoms with Gasteiger partial charge in [-0.1, -0.05) is 12.1 Å². The van der Waals surface area contributed by atoms with Crippen LogP contribution >= 0.6 is 0 Å². The molecule has 0 aliphatic carbocycles. The zero-order valence-electron chi connectivity index (χ0n) is 15.2. The lowest BCUT2D eigenvalue weighted by molar-refractivity contribution is 0.249. The molecule has 0 bridgehead atoms. The number of anilines is 2. The molecule has 0 spiro atoms. The molecule has 0 saturated carbocycles. The average Bonchev–Trinajstić information content (AvgIpc) is 2.95. The summed E-state index contributed by atoms with van der Waals surface area (Å²) < 4.78 is 1.82. The molecule has 2 N–H and O–H groups in total. The lowest BCUT2D eigenvalue weighted by Crippen LogP contribution is -2.33. The Morgan fingerprint density at radius 2 is 1.92 bits per heavy atom. The number of urea groups is 1. The van der Waals surface area contributed by atoms with Crippen molar-refractivity contribution in [3.63, 3.8) is 0 Å². The van der Waals surface area contributed by atoms with Crippen LogP contribution < -0.4 is 15.5 Å². The number of aromatic nitrogens is 2. The molecule has 2 amide bonds. The Balaban J connectivity index is 1.68. The molecule has 2 aromatic rings. The number of aryl methyl sites for hydroxylation is 1. The van der Waals surface area contributed by atoms with E-state index in [1.807, 2.05) is 50.0 Å². The third-order valence-corrected chi connectivity index (χ3v) is 4.94. The Labute approximate surface area is 149 Å². The van der Waals surface area contributed by atoms with E-state index in [9.17, 15) is 4.79 Å². The van der Waals surface area contributed by atoms with Gasteiger partial charge in [-0.25, -0.2) is 4.79 Å². The van der Waals surface area contributed by atoms with Crippen LogP contribution in [0, 0.1) is 6.92 Å². The Kier molecular flexibility index (Phi) is 5.26. The number of piperidine rings is 1. The van der Waals surface area contributed by atoms with Crippen molar-refractivity contribution in [2.24, 2.45) is 7.05 Å². The molecule has 1 fully saturated rings. The summed E-state index contributed by atoms with van der Waals surface area (Å²) in [5.41, 5.74) is 4.04. The first-order valence-electron chi connectivity index (χ1n) is 8.96. The smallest absolute Gasteiger partial charge is 0.319 e. The maximum absolute atomic E-state index is 12.5. The Morgan fingerprint density at radius 1 is 1.20 bits per heavy atom. The van der Waals surface area contributed by atoms with Gasteiger partial charge in [0.1, 0.15) is 0 Å². The van der Waals surface area contributed by atoms with Crippen LogP contribution in [0.4, 0.5) is 16.2 Å². The molecular formula is C19H27N5O. The van der Waals surface area contributed by atoms with E-state index in [1.54, 1.807) is 0 Å². The van der Waals surface area contributed by atoms with Gasteiger partial charge in [0.25, 0.3) is 0 Å². The molecule has 1 aliphatic heterocycles. The van der Waals surface area contributed by atoms with Crippen molar-refractivity contribution >= 4 is 17.4 Å². The summed E-state index contributed by atoms with van der Waals surface area (Å²) in [4.78, 5) is 14.8. The summed E-state index contributed by atoms with van der Waals surface area (Å²) in [7, 11) is 1.90. The molecular weight excluding hydrogens is 314 g/mol. The maximum atomic E-state index is 12.5. The maximum Gasteiger partial charge on any atom is 0.319 e. The highest BCUT2D eigenvalue weighted by molar-refractivity contribution is 5.93. The highest BCUT2D eigenvalue weighted by Crippen LogP contribution is 2.28. The summed E-state index contributed by atoms with van der Waals surface area (Å²) in [6, 6.07) is 7.72. The van der Waals surface area contributed by atoms with Crippen LogP contribution in [0.3, 0.4) is 0 Å². The molecule has 2 heterocycles. The van der Waals surface area contributed by atoms with Crippen LogP contribution in [-0.4, -0.2) is 28.9 Å². The first kappa shape index (κ1) is 17.3. The summed E-state index contributed by atoms with van der Waals surface area (Å²) in [5, 5.41) is 10.3. The summed E-state index contributed by atoms with van der Waals surface area (Å²) in [6.07, 6.45) is 5.51. The second kappa shape index (κ2) is 7.59. The van der Waals surface area contributed by atoms with Crippen molar-refractivity contribution in [1.82, 2.24) is 15.1 Å². The zero-order chi connectivity index (χ0) is 17.8. The summed E-state index contributed by atoms with van der Waals surface area (Å²) in [6.45, 7) is 6.07. The largest absolute Gasteiger partial charge is 0.370 e. The first-order chi connectivity index (χ1) is 12.1. The number of amides is 2. The lowest BCUT2D eigenvalue weighted by Gasteiger charge is -2.30. The quantitative estimate of drug-likeness (QED) is 0.893. The monoisotopic (exact) mass is 341 g/mol. The minimum Gasteiger partial charge on any atom is -0.370 e. The fraction of sp³-hybridized carbons (Fsp3) is 0.474. The van der Waals surface area contributed by atoms with Crippen molar-refractivity contribution in [2.75, 3.05) is 23.3 Å². The number of nitrogens with zero attached hydrogens (tertiary/aromatic N) is 3. The number of hydrogen-bond acceptors (Lipinski definition) is 3. The number of carbonyl (C=O) groups excluding carboxylic acids is 1. The van der Waals surface area contributed by atoms with Gasteiger partial charge in [0.2, 0.25) is 0 Å². The van der Waals surface area contributed by atoms with Gasteiger partial charge in [0, 0.05) is 31.4 Å². The lowest BCUT2D eigenvalue weighted by atomic mass is 10.1. The average molecular weight is 341 g/mol. The van der Waals surface area contributed by atoms with Crippen LogP contribution in [0.2, 0.25) is 0 Å². The predicted octanol–water partition coefficient (Wildman–Crippen LogP) is 3.60. The number of hydrogen-bond donors (Lipinski definition) is 2. The second-order valence-corrected chi connectivity index (χ2v) is 6.69. The van der Waals surface area contributed by atoms with Crippen molar-refractivity contribution in [1.29, 1.82) is 0 Å². The van der Waals surface area contributed by atoms with E-state index in [-0.39, 0.29) is 12.1 Å². The number of carbonyl (C=O) groups is 1. The first-order valence-corrected chi connectivity index (χ1v) is 8.96. The van der Waals surface area contributed by atoms with Gasteiger partial charge in [0.15, 0.2) is 0 Å². The van der Waals surface area contributed by atoms with Crippen LogP contribution in [0.15, 0.2) is 30.5 Å². The minimum absolute atomic E-state index is 0.101. The van der Waals surface area contributed by atoms with Crippen molar-refractivity contribution < 1.29 is 4.79 Å². The molecule has 1 aromatic carbocycles. The summed E-state index contributed by atoms with van der Waals surface area (Å²) >= 11 is 0. The van der Waals surface area contributed by atoms with Gasteiger partial charge >= 0.3 is 6.03 Å². The molecule has 6 nitrogen and oxygen atoms in total. The highest BCUT2D eigenvalue weighted by atomic mass is 16.2. The molecule has 6 heteroatoms. The topological polar surface area (TPSA) is 62.2 Å². The number of benzene rings is 1. The standard InChI is InChI=1S/C19H27N5O/c1-14(16-13-20-23(3)15(16)2)21-19(25)22-17-9-5-6-10-18(17)24-11-7-4-8-12-24/h5-6,9-10,13-14H,4,7-8,11-12H2,1-3H3,(H2,21,22,25). The molecule has 1 unspecified atom stereocenters. The van der Waals surface area contributed by atoms with Crippen molar-refractivity contribution in [3.8, 4) is 0 Å². The van der Waals surface area contributed by atoms with Gasteiger partial charge < -0.3 is 15.5 Å². The zero-order valence-corrected chi connectivity index (χ0v) is 15.2. The molecule has 1 aliphatic rings. The fourth-order valence-electron chi connectivity index (χ4n) is 3.36. The van der Waals surface area contributed by atoms with Gasteiger partial charge in [0.05, 0.1) is 23.6 Å². The SMILES string of the molecule is Cc1c(C(C)NC(=O)Nc2ccccc2N2CCCCC2)cnn1C. The molecule has 3 rings (SSSR count). The van der Waals surface area contributed by atoms with E-state index in [0.29, 0.717) is 0 Å². The third-order valence-electron chi connectivity index (χ3n) is 4.94. The summed E-state index contributed by atoms with van der Waals surface area (Å²) in [5.74, 6) is 0. The van der Waals surface area contributed by atoms with E-state index < -0.39 is 0 Å². The fourth-order valence-corrected chi connectivity index (χ4v) is 3.36. The molecule has 134 valence electrons. The number of rotatable bonds is 4.